The van der Waals surface area contributed by atoms with Gasteiger partial charge in [0.15, 0.2) is 0 Å². The number of hydrogen-bond donors (Lipinski definition) is 1. The van der Waals surface area contributed by atoms with Gasteiger partial charge in [0, 0.05) is 36.1 Å². The molecule has 136 valence electrons. The van der Waals surface area contributed by atoms with Gasteiger partial charge >= 0.3 is 0 Å². The first-order valence-corrected chi connectivity index (χ1v) is 9.13. The number of pyridine rings is 1. The van der Waals surface area contributed by atoms with Crippen molar-refractivity contribution in [3.8, 4) is 11.6 Å². The molecule has 3 heterocycles. The molecule has 1 fully saturated rings. The molecule has 26 heavy (non-hydrogen) atoms. The molecule has 5 heteroatoms. The summed E-state index contributed by atoms with van der Waals surface area (Å²) in [4.78, 5) is 10.1. The Balaban J connectivity index is 1.40. The highest BCUT2D eigenvalue weighted by Crippen LogP contribution is 2.31. The molecular formula is C21H25N3O2. The summed E-state index contributed by atoms with van der Waals surface area (Å²) in [5.41, 5.74) is 3.78. The van der Waals surface area contributed by atoms with Crippen LogP contribution in [0.4, 0.5) is 0 Å². The highest BCUT2D eigenvalue weighted by molar-refractivity contribution is 5.80. The summed E-state index contributed by atoms with van der Waals surface area (Å²) in [6.07, 6.45) is 6.24. The minimum atomic E-state index is 0.587. The lowest BCUT2D eigenvalue weighted by Crippen LogP contribution is -2.32. The number of piperidine rings is 1. The van der Waals surface area contributed by atoms with Crippen molar-refractivity contribution in [1.29, 1.82) is 0 Å². The van der Waals surface area contributed by atoms with Gasteiger partial charge in [-0.1, -0.05) is 6.07 Å². The van der Waals surface area contributed by atoms with Gasteiger partial charge in [0.2, 0.25) is 5.88 Å². The van der Waals surface area contributed by atoms with Gasteiger partial charge in [0.1, 0.15) is 5.75 Å². The summed E-state index contributed by atoms with van der Waals surface area (Å²) < 4.78 is 10.7. The summed E-state index contributed by atoms with van der Waals surface area (Å²) in [5.74, 6) is 2.07. The highest BCUT2D eigenvalue weighted by atomic mass is 16.5. The Morgan fingerprint density at radius 3 is 2.73 bits per heavy atom. The predicted octanol–water partition coefficient (Wildman–Crippen LogP) is 3.96. The normalized spacial score (nSPS) is 16.1. The maximum absolute atomic E-state index is 5.50. The lowest BCUT2D eigenvalue weighted by Gasteiger charge is -2.32. The number of H-pyrrole nitrogens is 1. The molecule has 0 bridgehead atoms. The number of ether oxygens (including phenoxy) is 2. The van der Waals surface area contributed by atoms with Crippen LogP contribution in [0.3, 0.4) is 0 Å². The SMILES string of the molecule is COc1cc(OC)c(CN2CCC(c3ccc4[nH]ccc4c3)CC2)cn1. The van der Waals surface area contributed by atoms with Crippen molar-refractivity contribution in [3.05, 3.63) is 53.9 Å². The van der Waals surface area contributed by atoms with E-state index in [1.807, 2.05) is 18.5 Å². The minimum Gasteiger partial charge on any atom is -0.496 e. The van der Waals surface area contributed by atoms with Gasteiger partial charge in [-0.3, -0.25) is 4.90 Å². The van der Waals surface area contributed by atoms with E-state index in [1.165, 1.54) is 29.3 Å². The molecule has 4 rings (SSSR count). The minimum absolute atomic E-state index is 0.587. The van der Waals surface area contributed by atoms with Gasteiger partial charge < -0.3 is 14.5 Å². The Hall–Kier alpha value is -2.53. The highest BCUT2D eigenvalue weighted by Gasteiger charge is 2.22. The third kappa shape index (κ3) is 3.40. The number of rotatable bonds is 5. The van der Waals surface area contributed by atoms with Crippen molar-refractivity contribution < 1.29 is 9.47 Å². The van der Waals surface area contributed by atoms with E-state index < -0.39 is 0 Å². The molecule has 3 aromatic rings. The number of nitrogens with zero attached hydrogens (tertiary/aromatic N) is 2. The van der Waals surface area contributed by atoms with Crippen LogP contribution in [-0.2, 0) is 6.54 Å². The molecule has 0 aliphatic carbocycles. The second kappa shape index (κ2) is 7.38. The zero-order valence-corrected chi connectivity index (χ0v) is 15.4. The number of nitrogens with one attached hydrogen (secondary N) is 1. The topological polar surface area (TPSA) is 50.4 Å². The van der Waals surface area contributed by atoms with E-state index in [0.717, 1.165) is 30.9 Å². The van der Waals surface area contributed by atoms with Gasteiger partial charge in [-0.2, -0.15) is 0 Å². The van der Waals surface area contributed by atoms with Gasteiger partial charge in [-0.05, 0) is 61.0 Å². The molecule has 5 nitrogen and oxygen atoms in total. The largest absolute Gasteiger partial charge is 0.496 e. The van der Waals surface area contributed by atoms with E-state index in [4.69, 9.17) is 9.47 Å². The van der Waals surface area contributed by atoms with Crippen molar-refractivity contribution in [2.45, 2.75) is 25.3 Å². The second-order valence-corrected chi connectivity index (χ2v) is 6.91. The number of aromatic amines is 1. The Labute approximate surface area is 153 Å². The third-order valence-corrected chi connectivity index (χ3v) is 5.38. The first-order chi connectivity index (χ1) is 12.8. The maximum atomic E-state index is 5.50. The lowest BCUT2D eigenvalue weighted by molar-refractivity contribution is 0.202. The van der Waals surface area contributed by atoms with Crippen molar-refractivity contribution in [3.63, 3.8) is 0 Å². The summed E-state index contributed by atoms with van der Waals surface area (Å²) in [7, 11) is 3.32. The van der Waals surface area contributed by atoms with Crippen molar-refractivity contribution in [2.24, 2.45) is 0 Å². The number of fused-ring (bicyclic) bond motifs is 1. The Bertz CT molecular complexity index is 882. The van der Waals surface area contributed by atoms with Crippen LogP contribution in [0.5, 0.6) is 11.6 Å². The van der Waals surface area contributed by atoms with E-state index in [-0.39, 0.29) is 0 Å². The van der Waals surface area contributed by atoms with Gasteiger partial charge in [-0.25, -0.2) is 4.98 Å². The van der Waals surface area contributed by atoms with E-state index in [9.17, 15) is 0 Å². The molecule has 0 amide bonds. The number of benzene rings is 1. The fourth-order valence-electron chi connectivity index (χ4n) is 3.86. The summed E-state index contributed by atoms with van der Waals surface area (Å²) >= 11 is 0. The fourth-order valence-corrected chi connectivity index (χ4v) is 3.86. The van der Waals surface area contributed by atoms with E-state index in [0.29, 0.717) is 11.8 Å². The smallest absolute Gasteiger partial charge is 0.216 e. The van der Waals surface area contributed by atoms with Gasteiger partial charge in [0.05, 0.1) is 14.2 Å². The van der Waals surface area contributed by atoms with Gasteiger partial charge in [-0.15, -0.1) is 0 Å². The Morgan fingerprint density at radius 1 is 1.12 bits per heavy atom. The average Bonchev–Trinajstić information content (AvgIpc) is 3.16. The standard InChI is InChI=1S/C21H25N3O2/c1-25-20-12-21(26-2)23-13-18(20)14-24-9-6-15(7-10-24)16-3-4-19-17(11-16)5-8-22-19/h3-5,8,11-13,15,22H,6-7,9-10,14H2,1-2H3. The zero-order chi connectivity index (χ0) is 17.9. The molecular weight excluding hydrogens is 326 g/mol. The monoisotopic (exact) mass is 351 g/mol. The molecule has 1 aliphatic rings. The molecule has 1 saturated heterocycles. The molecule has 0 saturated carbocycles. The maximum Gasteiger partial charge on any atom is 0.216 e. The first-order valence-electron chi connectivity index (χ1n) is 9.13. The number of likely N-dealkylation sites (tertiary alicyclic amines) is 1. The van der Waals surface area contributed by atoms with Crippen LogP contribution in [0, 0.1) is 0 Å². The van der Waals surface area contributed by atoms with Crippen LogP contribution in [0.15, 0.2) is 42.7 Å². The van der Waals surface area contributed by atoms with Crippen molar-refractivity contribution in [1.82, 2.24) is 14.9 Å². The van der Waals surface area contributed by atoms with Crippen LogP contribution >= 0.6 is 0 Å². The van der Waals surface area contributed by atoms with Crippen molar-refractivity contribution >= 4 is 10.9 Å². The Morgan fingerprint density at radius 2 is 1.96 bits per heavy atom. The zero-order valence-electron chi connectivity index (χ0n) is 15.4. The van der Waals surface area contributed by atoms with Crippen LogP contribution in [0.1, 0.15) is 29.9 Å². The fraction of sp³-hybridized carbons (Fsp3) is 0.381. The molecule has 1 aliphatic heterocycles. The van der Waals surface area contributed by atoms with Gasteiger partial charge in [0.25, 0.3) is 0 Å². The van der Waals surface area contributed by atoms with Crippen LogP contribution in [0.2, 0.25) is 0 Å². The van der Waals surface area contributed by atoms with Crippen LogP contribution in [-0.4, -0.2) is 42.2 Å². The van der Waals surface area contributed by atoms with E-state index >= 15 is 0 Å². The number of aromatic nitrogens is 2. The van der Waals surface area contributed by atoms with E-state index in [2.05, 4.69) is 39.1 Å². The summed E-state index contributed by atoms with van der Waals surface area (Å²) in [6, 6.07) is 10.8. The number of methoxy groups -OCH3 is 2. The average molecular weight is 351 g/mol. The predicted molar refractivity (Wildman–Crippen MR) is 103 cm³/mol. The Kier molecular flexibility index (Phi) is 4.80. The molecule has 1 N–H and O–H groups in total. The first kappa shape index (κ1) is 16.9. The molecule has 0 spiro atoms. The second-order valence-electron chi connectivity index (χ2n) is 6.91. The van der Waals surface area contributed by atoms with Crippen LogP contribution in [0.25, 0.3) is 10.9 Å². The lowest BCUT2D eigenvalue weighted by atomic mass is 9.89. The van der Waals surface area contributed by atoms with Crippen LogP contribution < -0.4 is 9.47 Å². The molecule has 0 radical (unpaired) electrons. The summed E-state index contributed by atoms with van der Waals surface area (Å²) in [5, 5.41) is 1.30. The molecule has 0 unspecified atom stereocenters. The van der Waals surface area contributed by atoms with Crippen molar-refractivity contribution in [2.75, 3.05) is 27.3 Å². The van der Waals surface area contributed by atoms with E-state index in [1.54, 1.807) is 14.2 Å². The molecule has 2 aromatic heterocycles. The quantitative estimate of drug-likeness (QED) is 0.756. The molecule has 0 atom stereocenters. The summed E-state index contributed by atoms with van der Waals surface area (Å²) in [6.45, 7) is 3.04. The molecule has 1 aromatic carbocycles. The number of hydrogen-bond acceptors (Lipinski definition) is 4. The third-order valence-electron chi connectivity index (χ3n) is 5.38.